The molecule has 1 amide bonds. The second-order valence-electron chi connectivity index (χ2n) is 6.65. The highest BCUT2D eigenvalue weighted by atomic mass is 16.6. The number of aryl methyl sites for hydroxylation is 1. The Morgan fingerprint density at radius 3 is 2.81 bits per heavy atom. The predicted molar refractivity (Wildman–Crippen MR) is 94.8 cm³/mol. The average molecular weight is 364 g/mol. The zero-order chi connectivity index (χ0) is 18.5. The molecular weight excluding hydrogens is 348 g/mol. The van der Waals surface area contributed by atoms with Crippen molar-refractivity contribution in [2.24, 2.45) is 7.05 Å². The summed E-state index contributed by atoms with van der Waals surface area (Å²) < 4.78 is 6.79. The van der Waals surface area contributed by atoms with Crippen molar-refractivity contribution >= 4 is 11.8 Å². The Bertz CT molecular complexity index is 1030. The minimum atomic E-state index is -0.477. The molecule has 136 valence electrons. The molecule has 0 saturated carbocycles. The summed E-state index contributed by atoms with van der Waals surface area (Å²) in [6, 6.07) is 9.66. The molecule has 0 aliphatic carbocycles. The second kappa shape index (κ2) is 5.85. The lowest BCUT2D eigenvalue weighted by atomic mass is 10.0. The van der Waals surface area contributed by atoms with E-state index in [9.17, 15) is 9.90 Å². The fraction of sp³-hybridized carbons (Fsp3) is 0.278. The van der Waals surface area contributed by atoms with Gasteiger partial charge < -0.3 is 9.84 Å². The molecule has 3 aromatic rings. The van der Waals surface area contributed by atoms with Gasteiger partial charge in [0.15, 0.2) is 5.82 Å². The van der Waals surface area contributed by atoms with Gasteiger partial charge in [-0.15, -0.1) is 5.10 Å². The summed E-state index contributed by atoms with van der Waals surface area (Å²) in [4.78, 5) is 18.2. The number of amides is 1. The number of tetrazole rings is 1. The number of ether oxygens (including phenoxy) is 1. The number of aliphatic hydroxyl groups is 1. The molecule has 0 bridgehead atoms. The van der Waals surface area contributed by atoms with Crippen molar-refractivity contribution in [2.75, 3.05) is 11.5 Å². The summed E-state index contributed by atoms with van der Waals surface area (Å²) in [5, 5.41) is 20.8. The number of benzene rings is 1. The smallest absolute Gasteiger partial charge is 0.415 e. The van der Waals surface area contributed by atoms with E-state index in [0.29, 0.717) is 17.9 Å². The Balaban J connectivity index is 1.46. The number of anilines is 1. The summed E-state index contributed by atoms with van der Waals surface area (Å²) in [6.07, 6.45) is 1.58. The number of rotatable bonds is 3. The Morgan fingerprint density at radius 2 is 2.11 bits per heavy atom. The molecule has 0 spiro atoms. The van der Waals surface area contributed by atoms with Crippen molar-refractivity contribution in [3.8, 4) is 22.6 Å². The van der Waals surface area contributed by atoms with Crippen molar-refractivity contribution in [3.05, 3.63) is 42.1 Å². The van der Waals surface area contributed by atoms with Crippen LogP contribution >= 0.6 is 0 Å². The molecule has 2 aliphatic heterocycles. The Morgan fingerprint density at radius 1 is 1.26 bits per heavy atom. The molecule has 4 heterocycles. The van der Waals surface area contributed by atoms with E-state index in [1.807, 2.05) is 24.3 Å². The van der Waals surface area contributed by atoms with E-state index in [-0.39, 0.29) is 12.6 Å². The first-order valence-electron chi connectivity index (χ1n) is 8.58. The maximum absolute atomic E-state index is 12.1. The van der Waals surface area contributed by atoms with E-state index in [1.165, 1.54) is 0 Å². The first-order chi connectivity index (χ1) is 13.2. The number of aromatic nitrogens is 5. The fourth-order valence-corrected chi connectivity index (χ4v) is 3.76. The molecule has 9 nitrogen and oxygen atoms in total. The maximum atomic E-state index is 12.1. The molecule has 1 saturated heterocycles. The van der Waals surface area contributed by atoms with Crippen LogP contribution in [-0.4, -0.2) is 55.1 Å². The number of carbonyl (C=O) groups is 1. The van der Waals surface area contributed by atoms with Gasteiger partial charge in [0.05, 0.1) is 18.3 Å². The zero-order valence-corrected chi connectivity index (χ0v) is 14.5. The predicted octanol–water partition coefficient (Wildman–Crippen LogP) is 1.18. The van der Waals surface area contributed by atoms with Crippen molar-refractivity contribution in [2.45, 2.75) is 18.6 Å². The van der Waals surface area contributed by atoms with Crippen molar-refractivity contribution in [1.82, 2.24) is 25.2 Å². The Labute approximate surface area is 154 Å². The quantitative estimate of drug-likeness (QED) is 0.744. The van der Waals surface area contributed by atoms with Crippen LogP contribution in [0.2, 0.25) is 0 Å². The van der Waals surface area contributed by atoms with Crippen LogP contribution in [0, 0.1) is 0 Å². The van der Waals surface area contributed by atoms with Gasteiger partial charge in [0.2, 0.25) is 0 Å². The Hall–Kier alpha value is -3.33. The number of nitrogens with zero attached hydrogens (tertiary/aromatic N) is 6. The topological polar surface area (TPSA) is 106 Å². The van der Waals surface area contributed by atoms with E-state index < -0.39 is 12.2 Å². The third kappa shape index (κ3) is 2.39. The highest BCUT2D eigenvalue weighted by Crippen LogP contribution is 2.40. The molecule has 2 aromatic heterocycles. The SMILES string of the molecule is Cn1nnnc1-c1ccc(-c2ccc3c(c2)C[C@H]2[C@H](CO)OC(=O)N32)cn1. The fourth-order valence-electron chi connectivity index (χ4n) is 3.76. The molecule has 1 N–H and O–H groups in total. The lowest BCUT2D eigenvalue weighted by Gasteiger charge is -2.14. The summed E-state index contributed by atoms with van der Waals surface area (Å²) in [5.74, 6) is 0.602. The molecule has 0 radical (unpaired) electrons. The number of pyridine rings is 1. The largest absolute Gasteiger partial charge is 0.441 e. The molecule has 9 heteroatoms. The average Bonchev–Trinajstić information content (AvgIpc) is 3.36. The second-order valence-corrected chi connectivity index (χ2v) is 6.65. The molecular formula is C18H16N6O3. The summed E-state index contributed by atoms with van der Waals surface area (Å²) in [7, 11) is 1.77. The summed E-state index contributed by atoms with van der Waals surface area (Å²) in [5.41, 5.74) is 4.58. The third-order valence-electron chi connectivity index (χ3n) is 5.10. The molecule has 2 atom stereocenters. The Kier molecular flexibility index (Phi) is 3.44. The van der Waals surface area contributed by atoms with Gasteiger partial charge in [0, 0.05) is 18.8 Å². The molecule has 1 fully saturated rings. The van der Waals surface area contributed by atoms with Gasteiger partial charge in [-0.3, -0.25) is 9.88 Å². The van der Waals surface area contributed by atoms with Crippen LogP contribution < -0.4 is 4.90 Å². The minimum Gasteiger partial charge on any atom is -0.441 e. The highest BCUT2D eigenvalue weighted by Gasteiger charge is 2.47. The van der Waals surface area contributed by atoms with Gasteiger partial charge in [-0.2, -0.15) is 0 Å². The van der Waals surface area contributed by atoms with Crippen molar-refractivity contribution in [1.29, 1.82) is 0 Å². The maximum Gasteiger partial charge on any atom is 0.415 e. The van der Waals surface area contributed by atoms with Crippen molar-refractivity contribution < 1.29 is 14.6 Å². The van der Waals surface area contributed by atoms with Gasteiger partial charge >= 0.3 is 6.09 Å². The molecule has 2 aliphatic rings. The molecule has 5 rings (SSSR count). The summed E-state index contributed by atoms with van der Waals surface area (Å²) >= 11 is 0. The van der Waals surface area contributed by atoms with Crippen LogP contribution in [0.4, 0.5) is 10.5 Å². The third-order valence-corrected chi connectivity index (χ3v) is 5.10. The van der Waals surface area contributed by atoms with Crippen LogP contribution in [0.1, 0.15) is 5.56 Å². The van der Waals surface area contributed by atoms with Gasteiger partial charge in [-0.05, 0) is 46.2 Å². The first kappa shape index (κ1) is 15.9. The van der Waals surface area contributed by atoms with Crippen LogP contribution in [0.25, 0.3) is 22.6 Å². The normalized spacial score (nSPS) is 20.5. The van der Waals surface area contributed by atoms with Crippen LogP contribution in [0.15, 0.2) is 36.5 Å². The molecule has 0 unspecified atom stereocenters. The lowest BCUT2D eigenvalue weighted by Crippen LogP contribution is -2.34. The van der Waals surface area contributed by atoms with E-state index in [1.54, 1.807) is 22.8 Å². The minimum absolute atomic E-state index is 0.142. The van der Waals surface area contributed by atoms with Gasteiger partial charge in [-0.1, -0.05) is 12.1 Å². The van der Waals surface area contributed by atoms with E-state index in [4.69, 9.17) is 4.74 Å². The van der Waals surface area contributed by atoms with E-state index in [0.717, 1.165) is 22.4 Å². The van der Waals surface area contributed by atoms with E-state index >= 15 is 0 Å². The number of hydrogen-bond donors (Lipinski definition) is 1. The zero-order valence-electron chi connectivity index (χ0n) is 14.5. The van der Waals surface area contributed by atoms with Crippen LogP contribution in [-0.2, 0) is 18.2 Å². The number of cyclic esters (lactones) is 1. The number of hydrogen-bond acceptors (Lipinski definition) is 7. The monoisotopic (exact) mass is 364 g/mol. The van der Waals surface area contributed by atoms with Gasteiger partial charge in [-0.25, -0.2) is 9.48 Å². The van der Waals surface area contributed by atoms with Crippen LogP contribution in [0.3, 0.4) is 0 Å². The number of fused-ring (bicyclic) bond motifs is 3. The number of carbonyl (C=O) groups excluding carboxylic acids is 1. The van der Waals surface area contributed by atoms with E-state index in [2.05, 4.69) is 26.6 Å². The number of aliphatic hydroxyl groups excluding tert-OH is 1. The van der Waals surface area contributed by atoms with Gasteiger partial charge in [0.25, 0.3) is 0 Å². The van der Waals surface area contributed by atoms with Crippen LogP contribution in [0.5, 0.6) is 0 Å². The van der Waals surface area contributed by atoms with Gasteiger partial charge in [0.1, 0.15) is 11.8 Å². The summed E-state index contributed by atoms with van der Waals surface area (Å²) in [6.45, 7) is -0.171. The first-order valence-corrected chi connectivity index (χ1v) is 8.58. The standard InChI is InChI=1S/C18H16N6O3/c1-23-17(20-21-22-23)13-4-2-11(8-19-13)10-3-5-14-12(6-10)7-15-16(9-25)27-18(26)24(14)15/h2-6,8,15-16,25H,7,9H2,1H3/t15-,16-/m0/s1. The molecule has 27 heavy (non-hydrogen) atoms. The van der Waals surface area contributed by atoms with Crippen molar-refractivity contribution in [3.63, 3.8) is 0 Å². The molecule has 1 aromatic carbocycles. The lowest BCUT2D eigenvalue weighted by molar-refractivity contribution is 0.0830. The highest BCUT2D eigenvalue weighted by molar-refractivity contribution is 5.94.